The molecule has 1 spiro atoms. The van der Waals surface area contributed by atoms with Crippen LogP contribution in [-0.4, -0.2) is 36.7 Å². The van der Waals surface area contributed by atoms with Crippen molar-refractivity contribution in [3.05, 3.63) is 23.3 Å². The molecule has 3 heterocycles. The van der Waals surface area contributed by atoms with Gasteiger partial charge in [-0.2, -0.15) is 0 Å². The SMILES string of the molecule is COc1cc(OC(C)(C)C)cc2c1C(=O)OC2CCCCCC1CCCC2(CCC(C)O2)O1. The molecule has 6 nitrogen and oxygen atoms in total. The van der Waals surface area contributed by atoms with Crippen molar-refractivity contribution in [2.24, 2.45) is 0 Å². The van der Waals surface area contributed by atoms with E-state index in [1.807, 2.05) is 26.8 Å². The molecule has 0 amide bonds. The summed E-state index contributed by atoms with van der Waals surface area (Å²) in [6.45, 7) is 8.15. The molecule has 0 N–H and O–H groups in total. The number of cyclic esters (lactones) is 1. The minimum atomic E-state index is -0.334. The van der Waals surface area contributed by atoms with Gasteiger partial charge in [-0.25, -0.2) is 4.79 Å². The summed E-state index contributed by atoms with van der Waals surface area (Å²) < 4.78 is 29.8. The number of benzene rings is 1. The van der Waals surface area contributed by atoms with E-state index < -0.39 is 0 Å². The molecule has 0 aliphatic carbocycles. The van der Waals surface area contributed by atoms with Crippen molar-refractivity contribution in [3.63, 3.8) is 0 Å². The van der Waals surface area contributed by atoms with E-state index in [-0.39, 0.29) is 23.5 Å². The number of carbonyl (C=O) groups excluding carboxylic acids is 1. The first-order valence-corrected chi connectivity index (χ1v) is 12.7. The molecule has 0 saturated carbocycles. The number of esters is 1. The number of carbonyl (C=O) groups is 1. The zero-order valence-corrected chi connectivity index (χ0v) is 20.9. The van der Waals surface area contributed by atoms with Crippen molar-refractivity contribution in [2.45, 2.75) is 122 Å². The van der Waals surface area contributed by atoms with Crippen molar-refractivity contribution in [1.82, 2.24) is 0 Å². The Balaban J connectivity index is 1.29. The third-order valence-corrected chi connectivity index (χ3v) is 6.86. The molecule has 33 heavy (non-hydrogen) atoms. The predicted molar refractivity (Wildman–Crippen MR) is 126 cm³/mol. The number of hydrogen-bond acceptors (Lipinski definition) is 6. The van der Waals surface area contributed by atoms with Crippen LogP contribution in [0.1, 0.15) is 114 Å². The summed E-state index contributed by atoms with van der Waals surface area (Å²) in [7, 11) is 1.58. The number of hydrogen-bond donors (Lipinski definition) is 0. The summed E-state index contributed by atoms with van der Waals surface area (Å²) >= 11 is 0. The van der Waals surface area contributed by atoms with Gasteiger partial charge in [0.2, 0.25) is 0 Å². The lowest BCUT2D eigenvalue weighted by atomic mass is 9.95. The second kappa shape index (κ2) is 9.83. The van der Waals surface area contributed by atoms with Crippen molar-refractivity contribution in [2.75, 3.05) is 7.11 Å². The van der Waals surface area contributed by atoms with Gasteiger partial charge in [0.15, 0.2) is 5.79 Å². The summed E-state index contributed by atoms with van der Waals surface area (Å²) in [4.78, 5) is 12.5. The molecule has 3 aliphatic rings. The predicted octanol–water partition coefficient (Wildman–Crippen LogP) is 6.50. The number of methoxy groups -OCH3 is 1. The molecule has 1 aromatic rings. The molecule has 4 unspecified atom stereocenters. The highest BCUT2D eigenvalue weighted by Gasteiger charge is 2.43. The fraction of sp³-hybridized carbons (Fsp3) is 0.741. The maximum absolute atomic E-state index is 12.5. The van der Waals surface area contributed by atoms with Crippen LogP contribution >= 0.6 is 0 Å². The highest BCUT2D eigenvalue weighted by Crippen LogP contribution is 2.43. The maximum Gasteiger partial charge on any atom is 0.342 e. The molecular weight excluding hydrogens is 420 g/mol. The quantitative estimate of drug-likeness (QED) is 0.326. The molecule has 2 saturated heterocycles. The molecule has 4 rings (SSSR count). The van der Waals surface area contributed by atoms with Gasteiger partial charge in [0.1, 0.15) is 28.8 Å². The summed E-state index contributed by atoms with van der Waals surface area (Å²) in [5.41, 5.74) is 1.08. The molecule has 6 heteroatoms. The van der Waals surface area contributed by atoms with E-state index >= 15 is 0 Å². The van der Waals surface area contributed by atoms with E-state index in [0.717, 1.165) is 63.4 Å². The van der Waals surface area contributed by atoms with Crippen LogP contribution in [0.5, 0.6) is 11.5 Å². The maximum atomic E-state index is 12.5. The van der Waals surface area contributed by atoms with E-state index in [2.05, 4.69) is 6.92 Å². The Labute approximate surface area is 198 Å². The zero-order chi connectivity index (χ0) is 23.6. The molecule has 184 valence electrons. The largest absolute Gasteiger partial charge is 0.496 e. The number of unbranched alkanes of at least 4 members (excludes halogenated alkanes) is 2. The monoisotopic (exact) mass is 460 g/mol. The summed E-state index contributed by atoms with van der Waals surface area (Å²) in [6.07, 6.45) is 10.9. The smallest absolute Gasteiger partial charge is 0.342 e. The average Bonchev–Trinajstić information content (AvgIpc) is 3.25. The van der Waals surface area contributed by atoms with E-state index in [9.17, 15) is 4.79 Å². The van der Waals surface area contributed by atoms with Crippen LogP contribution in [0.4, 0.5) is 0 Å². The van der Waals surface area contributed by atoms with Gasteiger partial charge in [-0.3, -0.25) is 0 Å². The topological polar surface area (TPSA) is 63.2 Å². The molecule has 0 radical (unpaired) electrons. The lowest BCUT2D eigenvalue weighted by Crippen LogP contribution is -2.40. The second-order valence-corrected chi connectivity index (χ2v) is 10.8. The summed E-state index contributed by atoms with van der Waals surface area (Å²) in [6, 6.07) is 3.72. The van der Waals surface area contributed by atoms with Crippen LogP contribution < -0.4 is 9.47 Å². The Morgan fingerprint density at radius 2 is 1.85 bits per heavy atom. The molecule has 0 bridgehead atoms. The second-order valence-electron chi connectivity index (χ2n) is 10.8. The van der Waals surface area contributed by atoms with Crippen molar-refractivity contribution >= 4 is 5.97 Å². The summed E-state index contributed by atoms with van der Waals surface area (Å²) in [5.74, 6) is 0.607. The van der Waals surface area contributed by atoms with Crippen molar-refractivity contribution in [1.29, 1.82) is 0 Å². The van der Waals surface area contributed by atoms with Crippen LogP contribution in [0.3, 0.4) is 0 Å². The Bertz CT molecular complexity index is 840. The molecule has 3 aliphatic heterocycles. The fourth-order valence-corrected chi connectivity index (χ4v) is 5.40. The van der Waals surface area contributed by atoms with E-state index in [1.165, 1.54) is 6.42 Å². The van der Waals surface area contributed by atoms with Crippen LogP contribution in [0, 0.1) is 0 Å². The van der Waals surface area contributed by atoms with Crippen LogP contribution in [0.25, 0.3) is 0 Å². The normalized spacial score (nSPS) is 29.2. The van der Waals surface area contributed by atoms with E-state index in [0.29, 0.717) is 29.3 Å². The lowest BCUT2D eigenvalue weighted by Gasteiger charge is -2.38. The molecule has 1 aromatic carbocycles. The first-order chi connectivity index (χ1) is 15.7. The average molecular weight is 461 g/mol. The van der Waals surface area contributed by atoms with Crippen molar-refractivity contribution < 1.29 is 28.5 Å². The number of rotatable bonds is 8. The van der Waals surface area contributed by atoms with Gasteiger partial charge in [0.05, 0.1) is 19.3 Å². The molecule has 0 aromatic heterocycles. The van der Waals surface area contributed by atoms with Gasteiger partial charge >= 0.3 is 5.97 Å². The first kappa shape index (κ1) is 24.3. The Kier molecular flexibility index (Phi) is 7.25. The zero-order valence-electron chi connectivity index (χ0n) is 20.9. The summed E-state index contributed by atoms with van der Waals surface area (Å²) in [5, 5.41) is 0. The highest BCUT2D eigenvalue weighted by atomic mass is 16.7. The van der Waals surface area contributed by atoms with Crippen LogP contribution in [0.2, 0.25) is 0 Å². The number of ether oxygens (including phenoxy) is 5. The van der Waals surface area contributed by atoms with Gasteiger partial charge in [-0.05, 0) is 72.3 Å². The fourth-order valence-electron chi connectivity index (χ4n) is 5.40. The minimum Gasteiger partial charge on any atom is -0.496 e. The highest BCUT2D eigenvalue weighted by molar-refractivity contribution is 5.97. The first-order valence-electron chi connectivity index (χ1n) is 12.7. The Morgan fingerprint density at radius 1 is 1.06 bits per heavy atom. The third-order valence-electron chi connectivity index (χ3n) is 6.86. The minimum absolute atomic E-state index is 0.243. The van der Waals surface area contributed by atoms with Gasteiger partial charge < -0.3 is 23.7 Å². The Morgan fingerprint density at radius 3 is 2.55 bits per heavy atom. The van der Waals surface area contributed by atoms with Crippen molar-refractivity contribution in [3.8, 4) is 11.5 Å². The van der Waals surface area contributed by atoms with E-state index in [4.69, 9.17) is 23.7 Å². The molecule has 2 fully saturated rings. The molecule has 4 atom stereocenters. The molecular formula is C27H40O6. The van der Waals surface area contributed by atoms with Gasteiger partial charge in [0, 0.05) is 24.5 Å². The number of fused-ring (bicyclic) bond motifs is 1. The Hall–Kier alpha value is -1.79. The standard InChI is InChI=1S/C27H40O6/c1-18-13-15-27(31-18)14-9-11-19(33-27)10-7-6-8-12-22-21-16-20(32-26(2,3)4)17-23(29-5)24(21)25(28)30-22/h16-19,22H,6-15H2,1-5H3. The van der Waals surface area contributed by atoms with Crippen LogP contribution in [0.15, 0.2) is 12.1 Å². The van der Waals surface area contributed by atoms with E-state index in [1.54, 1.807) is 13.2 Å². The third kappa shape index (κ3) is 5.83. The van der Waals surface area contributed by atoms with Gasteiger partial charge in [-0.15, -0.1) is 0 Å². The van der Waals surface area contributed by atoms with Gasteiger partial charge in [0.25, 0.3) is 0 Å². The lowest BCUT2D eigenvalue weighted by molar-refractivity contribution is -0.269. The van der Waals surface area contributed by atoms with Gasteiger partial charge in [-0.1, -0.05) is 12.8 Å². The van der Waals surface area contributed by atoms with Crippen LogP contribution in [-0.2, 0) is 14.2 Å².